The Labute approximate surface area is 134 Å². The topological polar surface area (TPSA) is 74.6 Å². The van der Waals surface area contributed by atoms with Crippen molar-refractivity contribution in [1.82, 2.24) is 0 Å². The van der Waals surface area contributed by atoms with E-state index in [-0.39, 0.29) is 51.4 Å². The van der Waals surface area contributed by atoms with Crippen LogP contribution in [0.3, 0.4) is 0 Å². The molecule has 0 fully saturated rings. The van der Waals surface area contributed by atoms with E-state index in [9.17, 15) is 9.59 Å². The molecule has 0 aliphatic carbocycles. The molecule has 0 aromatic heterocycles. The molecule has 4 nitrogen and oxygen atoms in total. The van der Waals surface area contributed by atoms with Crippen LogP contribution in [0.4, 0.5) is 0 Å². The maximum absolute atomic E-state index is 9.43. The monoisotopic (exact) mass is 242 g/mol. The van der Waals surface area contributed by atoms with Crippen molar-refractivity contribution in [2.75, 3.05) is 0 Å². The van der Waals surface area contributed by atoms with Gasteiger partial charge in [0.05, 0.1) is 0 Å². The molecular formula is C10H19KO4. The van der Waals surface area contributed by atoms with Gasteiger partial charge in [-0.05, 0) is 0 Å². The Morgan fingerprint density at radius 1 is 1.13 bits per heavy atom. The molecule has 0 amide bonds. The van der Waals surface area contributed by atoms with Gasteiger partial charge in [0.2, 0.25) is 0 Å². The minimum atomic E-state index is -1.31. The molecule has 84 valence electrons. The minimum Gasteiger partial charge on any atom is -0.481 e. The van der Waals surface area contributed by atoms with Gasteiger partial charge in [-0.3, -0.25) is 9.59 Å². The number of carboxylic acid groups (broad SMARTS) is 2. The van der Waals surface area contributed by atoms with Crippen LogP contribution in [-0.2, 0) is 9.59 Å². The van der Waals surface area contributed by atoms with Gasteiger partial charge in [0.25, 0.3) is 0 Å². The van der Waals surface area contributed by atoms with Crippen LogP contribution < -0.4 is 51.4 Å². The molecule has 0 aromatic rings. The van der Waals surface area contributed by atoms with Crippen LogP contribution in [0, 0.1) is 6.42 Å². The second-order valence-corrected chi connectivity index (χ2v) is 2.87. The zero-order valence-electron chi connectivity index (χ0n) is 9.82. The predicted molar refractivity (Wildman–Crippen MR) is 54.0 cm³/mol. The van der Waals surface area contributed by atoms with Gasteiger partial charge in [0.1, 0.15) is 6.42 Å². The standard InChI is InChI=1S/C7H15.C3H4O4.K/c1-3-5-7-6-4-2;4-2(5)1-3(6)7;/h3H,4-7H2,1-2H3;1H2,(H,4,5)(H,6,7);/q-1;;+1. The van der Waals surface area contributed by atoms with Crippen LogP contribution in [0.2, 0.25) is 0 Å². The number of unbranched alkanes of at least 4 members (excludes halogenated alkanes) is 4. The van der Waals surface area contributed by atoms with Gasteiger partial charge in [0.15, 0.2) is 0 Å². The van der Waals surface area contributed by atoms with E-state index in [4.69, 9.17) is 10.2 Å². The first-order valence-corrected chi connectivity index (χ1v) is 4.76. The van der Waals surface area contributed by atoms with Crippen LogP contribution in [0.5, 0.6) is 0 Å². The smallest absolute Gasteiger partial charge is 0.481 e. The van der Waals surface area contributed by atoms with Gasteiger partial charge >= 0.3 is 63.3 Å². The molecule has 15 heavy (non-hydrogen) atoms. The summed E-state index contributed by atoms with van der Waals surface area (Å²) >= 11 is 0. The van der Waals surface area contributed by atoms with Crippen LogP contribution in [0.25, 0.3) is 0 Å². The molecule has 0 aliphatic rings. The summed E-state index contributed by atoms with van der Waals surface area (Å²) in [6.07, 6.45) is 6.84. The van der Waals surface area contributed by atoms with Crippen molar-refractivity contribution in [3.8, 4) is 0 Å². The van der Waals surface area contributed by atoms with E-state index in [1.807, 2.05) is 0 Å². The van der Waals surface area contributed by atoms with Gasteiger partial charge < -0.3 is 16.6 Å². The SMILES string of the molecule is C[CH-]CCCCC.O=C(O)CC(=O)O.[K+]. The van der Waals surface area contributed by atoms with Crippen LogP contribution in [-0.4, -0.2) is 22.2 Å². The summed E-state index contributed by atoms with van der Waals surface area (Å²) in [7, 11) is 0. The van der Waals surface area contributed by atoms with Crippen molar-refractivity contribution < 1.29 is 71.2 Å². The number of rotatable bonds is 6. The Morgan fingerprint density at radius 2 is 1.60 bits per heavy atom. The fraction of sp³-hybridized carbons (Fsp3) is 0.700. The van der Waals surface area contributed by atoms with E-state index in [0.29, 0.717) is 0 Å². The molecule has 0 saturated carbocycles. The first kappa shape index (κ1) is 20.9. The van der Waals surface area contributed by atoms with Crippen LogP contribution in [0.15, 0.2) is 0 Å². The van der Waals surface area contributed by atoms with Crippen molar-refractivity contribution in [3.05, 3.63) is 6.42 Å². The summed E-state index contributed by atoms with van der Waals surface area (Å²) in [6.45, 7) is 4.35. The zero-order valence-corrected chi connectivity index (χ0v) is 12.9. The van der Waals surface area contributed by atoms with E-state index in [1.165, 1.54) is 25.7 Å². The van der Waals surface area contributed by atoms with E-state index in [2.05, 4.69) is 20.3 Å². The largest absolute Gasteiger partial charge is 1.00 e. The summed E-state index contributed by atoms with van der Waals surface area (Å²) in [5.41, 5.74) is 0. The fourth-order valence-corrected chi connectivity index (χ4v) is 0.728. The maximum Gasteiger partial charge on any atom is 1.00 e. The second-order valence-electron chi connectivity index (χ2n) is 2.87. The summed E-state index contributed by atoms with van der Waals surface area (Å²) < 4.78 is 0. The molecule has 0 radical (unpaired) electrons. The molecule has 0 aromatic carbocycles. The first-order valence-electron chi connectivity index (χ1n) is 4.76. The molecule has 0 bridgehead atoms. The van der Waals surface area contributed by atoms with E-state index in [1.54, 1.807) is 0 Å². The normalized spacial score (nSPS) is 8.13. The Morgan fingerprint density at radius 3 is 1.80 bits per heavy atom. The Bertz CT molecular complexity index is 144. The minimum absolute atomic E-state index is 0. The van der Waals surface area contributed by atoms with Gasteiger partial charge in [-0.15, -0.1) is 0 Å². The van der Waals surface area contributed by atoms with Crippen molar-refractivity contribution >= 4 is 11.9 Å². The molecule has 0 spiro atoms. The van der Waals surface area contributed by atoms with Crippen molar-refractivity contribution in [1.29, 1.82) is 0 Å². The zero-order chi connectivity index (χ0) is 11.4. The number of aliphatic carboxylic acids is 2. The summed E-state index contributed by atoms with van der Waals surface area (Å²) in [4.78, 5) is 18.9. The van der Waals surface area contributed by atoms with Crippen molar-refractivity contribution in [2.24, 2.45) is 0 Å². The summed E-state index contributed by atoms with van der Waals surface area (Å²) in [5.74, 6) is -2.62. The molecule has 0 heterocycles. The molecule has 2 N–H and O–H groups in total. The summed E-state index contributed by atoms with van der Waals surface area (Å²) in [6, 6.07) is 0. The van der Waals surface area contributed by atoms with Gasteiger partial charge in [-0.2, -0.15) is 13.3 Å². The number of hydrogen-bond acceptors (Lipinski definition) is 2. The Balaban J connectivity index is -0.000000180. The fourth-order valence-electron chi connectivity index (χ4n) is 0.728. The van der Waals surface area contributed by atoms with E-state index in [0.717, 1.165) is 0 Å². The third-order valence-electron chi connectivity index (χ3n) is 1.40. The number of carbonyl (C=O) groups is 2. The average Bonchev–Trinajstić information content (AvgIpc) is 2.04. The van der Waals surface area contributed by atoms with Crippen molar-refractivity contribution in [2.45, 2.75) is 46.0 Å². The maximum atomic E-state index is 9.43. The van der Waals surface area contributed by atoms with Gasteiger partial charge in [-0.1, -0.05) is 26.2 Å². The second kappa shape index (κ2) is 17.0. The van der Waals surface area contributed by atoms with Crippen LogP contribution >= 0.6 is 0 Å². The molecule has 0 unspecified atom stereocenters. The third-order valence-corrected chi connectivity index (χ3v) is 1.40. The van der Waals surface area contributed by atoms with Gasteiger partial charge in [0, 0.05) is 0 Å². The van der Waals surface area contributed by atoms with E-state index >= 15 is 0 Å². The molecule has 0 saturated heterocycles. The molecule has 0 rings (SSSR count). The van der Waals surface area contributed by atoms with Crippen molar-refractivity contribution in [3.63, 3.8) is 0 Å². The number of carboxylic acids is 2. The molecular weight excluding hydrogens is 223 g/mol. The Hall–Kier alpha value is 0.576. The Kier molecular flexibility index (Phi) is 23.7. The molecule has 0 atom stereocenters. The van der Waals surface area contributed by atoms with Crippen LogP contribution in [0.1, 0.15) is 46.0 Å². The number of hydrogen-bond donors (Lipinski definition) is 2. The first-order chi connectivity index (χ1) is 6.54. The summed E-state index contributed by atoms with van der Waals surface area (Å²) in [5, 5.41) is 15.4. The quantitative estimate of drug-likeness (QED) is 0.281. The predicted octanol–water partition coefficient (Wildman–Crippen LogP) is -0.659. The average molecular weight is 242 g/mol. The molecule has 5 heteroatoms. The van der Waals surface area contributed by atoms with Gasteiger partial charge in [-0.25, -0.2) is 0 Å². The third kappa shape index (κ3) is 31.3. The van der Waals surface area contributed by atoms with E-state index < -0.39 is 18.4 Å². The molecule has 0 aliphatic heterocycles.